The second kappa shape index (κ2) is 12.7. The van der Waals surface area contributed by atoms with Gasteiger partial charge in [-0.2, -0.15) is 0 Å². The number of rotatable bonds is 11. The molecule has 0 aliphatic carbocycles. The monoisotopic (exact) mass is 456 g/mol. The number of nitrogens with one attached hydrogen (secondary N) is 1. The first-order valence-electron chi connectivity index (χ1n) is 12.1. The summed E-state index contributed by atoms with van der Waals surface area (Å²) in [5.74, 6) is 0.225. The van der Waals surface area contributed by atoms with Gasteiger partial charge < -0.3 is 10.2 Å². The maximum absolute atomic E-state index is 13.6. The normalized spacial score (nSPS) is 11.8. The second-order valence-corrected chi connectivity index (χ2v) is 9.34. The van der Waals surface area contributed by atoms with Crippen molar-refractivity contribution in [3.05, 3.63) is 107 Å². The van der Waals surface area contributed by atoms with Crippen LogP contribution in [0.25, 0.3) is 0 Å². The smallest absolute Gasteiger partial charge is 0.243 e. The number of hydrogen-bond donors (Lipinski definition) is 1. The molecule has 4 nitrogen and oxygen atoms in total. The lowest BCUT2D eigenvalue weighted by Crippen LogP contribution is -2.51. The molecule has 2 amide bonds. The third kappa shape index (κ3) is 7.87. The Balaban J connectivity index is 1.88. The van der Waals surface area contributed by atoms with Gasteiger partial charge in [0.05, 0.1) is 0 Å². The van der Waals surface area contributed by atoms with Crippen LogP contribution in [0.2, 0.25) is 0 Å². The molecule has 0 aromatic heterocycles. The highest BCUT2D eigenvalue weighted by atomic mass is 16.2. The average Bonchev–Trinajstić information content (AvgIpc) is 2.85. The molecule has 0 fully saturated rings. The molecule has 3 rings (SSSR count). The first-order valence-corrected chi connectivity index (χ1v) is 12.1. The van der Waals surface area contributed by atoms with Crippen LogP contribution in [0, 0.1) is 12.8 Å². The van der Waals surface area contributed by atoms with Crippen LogP contribution in [0.4, 0.5) is 0 Å². The summed E-state index contributed by atoms with van der Waals surface area (Å²) in [5, 5.41) is 3.07. The van der Waals surface area contributed by atoms with Crippen molar-refractivity contribution in [3.63, 3.8) is 0 Å². The summed E-state index contributed by atoms with van der Waals surface area (Å²) in [6.07, 6.45) is 1.49. The molecule has 0 aliphatic heterocycles. The summed E-state index contributed by atoms with van der Waals surface area (Å²) in [7, 11) is 0. The minimum atomic E-state index is -0.578. The highest BCUT2D eigenvalue weighted by Gasteiger charge is 2.30. The first-order chi connectivity index (χ1) is 16.4. The Hall–Kier alpha value is -3.40. The molecule has 3 aromatic carbocycles. The van der Waals surface area contributed by atoms with Crippen LogP contribution in [-0.4, -0.2) is 29.3 Å². The summed E-state index contributed by atoms with van der Waals surface area (Å²) < 4.78 is 0. The fourth-order valence-electron chi connectivity index (χ4n) is 3.91. The predicted molar refractivity (Wildman–Crippen MR) is 138 cm³/mol. The highest BCUT2D eigenvalue weighted by Crippen LogP contribution is 2.17. The van der Waals surface area contributed by atoms with Crippen LogP contribution >= 0.6 is 0 Å². The van der Waals surface area contributed by atoms with E-state index in [9.17, 15) is 9.59 Å². The van der Waals surface area contributed by atoms with Crippen LogP contribution in [-0.2, 0) is 29.0 Å². The molecule has 1 N–H and O–H groups in total. The van der Waals surface area contributed by atoms with Gasteiger partial charge in [0.1, 0.15) is 6.04 Å². The fourth-order valence-corrected chi connectivity index (χ4v) is 3.91. The number of nitrogens with zero attached hydrogens (tertiary/aromatic N) is 1. The van der Waals surface area contributed by atoms with Crippen molar-refractivity contribution in [1.82, 2.24) is 10.2 Å². The molecular formula is C30H36N2O2. The summed E-state index contributed by atoms with van der Waals surface area (Å²) in [6, 6.07) is 27.6. The molecular weight excluding hydrogens is 420 g/mol. The number of carbonyl (C=O) groups excluding carboxylic acids is 2. The minimum absolute atomic E-state index is 0.00921. The highest BCUT2D eigenvalue weighted by molar-refractivity contribution is 5.88. The number of amides is 2. The van der Waals surface area contributed by atoms with E-state index in [1.807, 2.05) is 91.9 Å². The zero-order valence-corrected chi connectivity index (χ0v) is 20.5. The van der Waals surface area contributed by atoms with Crippen LogP contribution in [0.1, 0.15) is 42.5 Å². The van der Waals surface area contributed by atoms with Crippen LogP contribution in [0.5, 0.6) is 0 Å². The van der Waals surface area contributed by atoms with Gasteiger partial charge in [0.15, 0.2) is 0 Å². The van der Waals surface area contributed by atoms with E-state index in [4.69, 9.17) is 0 Å². The Morgan fingerprint density at radius 3 is 1.97 bits per heavy atom. The van der Waals surface area contributed by atoms with Gasteiger partial charge in [-0.25, -0.2) is 0 Å². The van der Waals surface area contributed by atoms with E-state index >= 15 is 0 Å². The molecule has 0 spiro atoms. The number of hydrogen-bond acceptors (Lipinski definition) is 2. The third-order valence-electron chi connectivity index (χ3n) is 5.90. The van der Waals surface area contributed by atoms with Crippen molar-refractivity contribution in [2.24, 2.45) is 5.92 Å². The molecule has 0 unspecified atom stereocenters. The summed E-state index contributed by atoms with van der Waals surface area (Å²) in [5.41, 5.74) is 4.35. The lowest BCUT2D eigenvalue weighted by molar-refractivity contribution is -0.141. The topological polar surface area (TPSA) is 49.4 Å². The second-order valence-electron chi connectivity index (χ2n) is 9.34. The van der Waals surface area contributed by atoms with Crippen LogP contribution < -0.4 is 5.32 Å². The largest absolute Gasteiger partial charge is 0.354 e. The molecule has 3 aromatic rings. The lowest BCUT2D eigenvalue weighted by atomic mass is 10.0. The van der Waals surface area contributed by atoms with E-state index in [0.29, 0.717) is 38.3 Å². The van der Waals surface area contributed by atoms with Gasteiger partial charge in [-0.15, -0.1) is 0 Å². The summed E-state index contributed by atoms with van der Waals surface area (Å²) in [6.45, 7) is 7.18. The van der Waals surface area contributed by atoms with Gasteiger partial charge in [-0.05, 0) is 36.0 Å². The van der Waals surface area contributed by atoms with Gasteiger partial charge in [-0.1, -0.05) is 104 Å². The first kappa shape index (κ1) is 25.2. The Morgan fingerprint density at radius 1 is 0.794 bits per heavy atom. The Morgan fingerprint density at radius 2 is 1.38 bits per heavy atom. The van der Waals surface area contributed by atoms with Crippen molar-refractivity contribution >= 4 is 11.8 Å². The molecule has 0 radical (unpaired) electrons. The standard InChI is InChI=1S/C30H36N2O2/c1-23(2)21-31-30(34)28(20-26-12-8-5-9-13-26)32(22-27-16-14-24(3)15-17-27)29(33)19-18-25-10-6-4-7-11-25/h4-17,23,28H,18-22H2,1-3H3,(H,31,34)/t28-/m0/s1. The molecule has 34 heavy (non-hydrogen) atoms. The van der Waals surface area contributed by atoms with Gasteiger partial charge in [0.25, 0.3) is 0 Å². The van der Waals surface area contributed by atoms with E-state index < -0.39 is 6.04 Å². The number of aryl methyl sites for hydroxylation is 2. The van der Waals surface area contributed by atoms with Gasteiger partial charge >= 0.3 is 0 Å². The average molecular weight is 457 g/mol. The zero-order chi connectivity index (χ0) is 24.3. The maximum Gasteiger partial charge on any atom is 0.243 e. The van der Waals surface area contributed by atoms with E-state index in [2.05, 4.69) is 19.2 Å². The van der Waals surface area contributed by atoms with Crippen LogP contribution in [0.15, 0.2) is 84.9 Å². The molecule has 0 bridgehead atoms. The van der Waals surface area contributed by atoms with Crippen molar-refractivity contribution in [3.8, 4) is 0 Å². The van der Waals surface area contributed by atoms with E-state index in [0.717, 1.165) is 16.7 Å². The van der Waals surface area contributed by atoms with Crippen molar-refractivity contribution < 1.29 is 9.59 Å². The lowest BCUT2D eigenvalue weighted by Gasteiger charge is -2.32. The molecule has 0 saturated carbocycles. The van der Waals surface area contributed by atoms with Crippen LogP contribution in [0.3, 0.4) is 0 Å². The molecule has 4 heteroatoms. The molecule has 1 atom stereocenters. The summed E-state index contributed by atoms with van der Waals surface area (Å²) in [4.78, 5) is 28.8. The molecule has 0 aliphatic rings. The van der Waals surface area contributed by atoms with Gasteiger partial charge in [0, 0.05) is 25.9 Å². The van der Waals surface area contributed by atoms with E-state index in [1.54, 1.807) is 4.90 Å². The van der Waals surface area contributed by atoms with Gasteiger partial charge in [-0.3, -0.25) is 9.59 Å². The van der Waals surface area contributed by atoms with E-state index in [1.165, 1.54) is 5.56 Å². The SMILES string of the molecule is Cc1ccc(CN(C(=O)CCc2ccccc2)[C@@H](Cc2ccccc2)C(=O)NCC(C)C)cc1. The van der Waals surface area contributed by atoms with Crippen molar-refractivity contribution in [2.75, 3.05) is 6.54 Å². The number of benzene rings is 3. The Labute approximate surface area is 204 Å². The predicted octanol–water partition coefficient (Wildman–Crippen LogP) is 5.34. The molecule has 0 saturated heterocycles. The summed E-state index contributed by atoms with van der Waals surface area (Å²) >= 11 is 0. The van der Waals surface area contributed by atoms with E-state index in [-0.39, 0.29) is 11.8 Å². The van der Waals surface area contributed by atoms with Gasteiger partial charge in [0.2, 0.25) is 11.8 Å². The molecule has 0 heterocycles. The number of carbonyl (C=O) groups is 2. The quantitative estimate of drug-likeness (QED) is 0.423. The minimum Gasteiger partial charge on any atom is -0.354 e. The zero-order valence-electron chi connectivity index (χ0n) is 20.5. The van der Waals surface area contributed by atoms with Crippen molar-refractivity contribution in [2.45, 2.75) is 52.6 Å². The fraction of sp³-hybridized carbons (Fsp3) is 0.333. The van der Waals surface area contributed by atoms with Crippen molar-refractivity contribution in [1.29, 1.82) is 0 Å². The Bertz CT molecular complexity index is 1030. The third-order valence-corrected chi connectivity index (χ3v) is 5.90. The molecule has 178 valence electrons. The maximum atomic E-state index is 13.6. The Kier molecular flexibility index (Phi) is 9.45.